The van der Waals surface area contributed by atoms with Gasteiger partial charge in [-0.05, 0) is 0 Å². The molecule has 2 rings (SSSR count). The predicted octanol–water partition coefficient (Wildman–Crippen LogP) is 1.30. The van der Waals surface area contributed by atoms with Gasteiger partial charge < -0.3 is 5.73 Å². The molecule has 0 aliphatic heterocycles. The second-order valence-electron chi connectivity index (χ2n) is 2.67. The Morgan fingerprint density at radius 1 is 1.43 bits per heavy atom. The highest BCUT2D eigenvalue weighted by molar-refractivity contribution is 6.34. The van der Waals surface area contributed by atoms with E-state index in [1.807, 2.05) is 0 Å². The lowest BCUT2D eigenvalue weighted by Crippen LogP contribution is -2.04. The Bertz CT molecular complexity index is 466. The molecule has 0 aliphatic rings. The third kappa shape index (κ3) is 1.49. The van der Waals surface area contributed by atoms with Crippen molar-refractivity contribution in [1.29, 1.82) is 0 Å². The second kappa shape index (κ2) is 3.59. The van der Waals surface area contributed by atoms with Crippen LogP contribution in [0.15, 0.2) is 6.20 Å². The van der Waals surface area contributed by atoms with Crippen LogP contribution in [0.25, 0.3) is 11.0 Å². The molecule has 0 saturated carbocycles. The first-order valence-corrected chi connectivity index (χ1v) is 4.84. The van der Waals surface area contributed by atoms with E-state index in [1.165, 1.54) is 0 Å². The van der Waals surface area contributed by atoms with E-state index in [2.05, 4.69) is 15.1 Å². The fourth-order valence-electron chi connectivity index (χ4n) is 1.18. The molecule has 5 nitrogen and oxygen atoms in total. The van der Waals surface area contributed by atoms with Gasteiger partial charge in [0.25, 0.3) is 0 Å². The van der Waals surface area contributed by atoms with Crippen LogP contribution in [-0.2, 0) is 6.54 Å². The number of hydrogen-bond donors (Lipinski definition) is 1. The van der Waals surface area contributed by atoms with Gasteiger partial charge in [0.15, 0.2) is 5.65 Å². The number of halogens is 2. The monoisotopic (exact) mass is 231 g/mol. The summed E-state index contributed by atoms with van der Waals surface area (Å²) in [5, 5.41) is 5.08. The Morgan fingerprint density at radius 2 is 2.21 bits per heavy atom. The Morgan fingerprint density at radius 3 is 2.93 bits per heavy atom. The van der Waals surface area contributed by atoms with Gasteiger partial charge in [0, 0.05) is 5.88 Å². The number of aryl methyl sites for hydroxylation is 1. The highest BCUT2D eigenvalue weighted by atomic mass is 35.5. The summed E-state index contributed by atoms with van der Waals surface area (Å²) in [6.45, 7) is 0.567. The minimum atomic E-state index is 0.138. The number of nitrogens with two attached hydrogens (primary N) is 1. The maximum atomic E-state index is 5.86. The summed E-state index contributed by atoms with van der Waals surface area (Å²) in [5.74, 6) is 0.594. The van der Waals surface area contributed by atoms with Crippen molar-refractivity contribution >= 4 is 40.2 Å². The number of hydrogen-bond acceptors (Lipinski definition) is 4. The Kier molecular flexibility index (Phi) is 2.43. The molecule has 0 spiro atoms. The number of anilines is 1. The molecule has 0 saturated heterocycles. The van der Waals surface area contributed by atoms with Crippen LogP contribution in [0.5, 0.6) is 0 Å². The van der Waals surface area contributed by atoms with Gasteiger partial charge in [-0.25, -0.2) is 9.67 Å². The number of nitrogens with zero attached hydrogens (tertiary/aromatic N) is 4. The number of rotatable bonds is 2. The lowest BCUT2D eigenvalue weighted by molar-refractivity contribution is 0.681. The van der Waals surface area contributed by atoms with Crippen molar-refractivity contribution < 1.29 is 0 Å². The van der Waals surface area contributed by atoms with Crippen molar-refractivity contribution in [2.75, 3.05) is 11.6 Å². The van der Waals surface area contributed by atoms with E-state index in [4.69, 9.17) is 28.9 Å². The van der Waals surface area contributed by atoms with Crippen LogP contribution >= 0.6 is 23.2 Å². The lowest BCUT2D eigenvalue weighted by atomic mass is 10.4. The van der Waals surface area contributed by atoms with Gasteiger partial charge in [-0.1, -0.05) is 11.6 Å². The normalized spacial score (nSPS) is 11.0. The summed E-state index contributed by atoms with van der Waals surface area (Å²) in [7, 11) is 0. The minimum absolute atomic E-state index is 0.138. The largest absolute Gasteiger partial charge is 0.368 e. The SMILES string of the molecule is Nc1nc(Cl)c2cnn(CCCl)c2n1. The zero-order chi connectivity index (χ0) is 10.1. The van der Waals surface area contributed by atoms with Gasteiger partial charge in [-0.15, -0.1) is 11.6 Å². The molecular formula is C7H7Cl2N5. The van der Waals surface area contributed by atoms with E-state index in [9.17, 15) is 0 Å². The first-order valence-electron chi connectivity index (χ1n) is 3.93. The molecule has 2 N–H and O–H groups in total. The molecule has 0 unspecified atom stereocenters. The van der Waals surface area contributed by atoms with Gasteiger partial charge >= 0.3 is 0 Å². The topological polar surface area (TPSA) is 69.6 Å². The van der Waals surface area contributed by atoms with E-state index in [-0.39, 0.29) is 5.95 Å². The smallest absolute Gasteiger partial charge is 0.223 e. The van der Waals surface area contributed by atoms with Crippen molar-refractivity contribution in [3.05, 3.63) is 11.3 Å². The van der Waals surface area contributed by atoms with Crippen molar-refractivity contribution in [2.45, 2.75) is 6.54 Å². The standard InChI is InChI=1S/C7H7Cl2N5/c8-1-2-14-6-4(3-11-14)5(9)12-7(10)13-6/h3H,1-2H2,(H2,10,12,13). The molecule has 0 atom stereocenters. The highest BCUT2D eigenvalue weighted by Gasteiger charge is 2.09. The maximum absolute atomic E-state index is 5.86. The fourth-order valence-corrected chi connectivity index (χ4v) is 1.56. The molecule has 0 amide bonds. The first kappa shape index (κ1) is 9.48. The predicted molar refractivity (Wildman–Crippen MR) is 55.5 cm³/mol. The number of fused-ring (bicyclic) bond motifs is 1. The molecule has 7 heteroatoms. The van der Waals surface area contributed by atoms with Crippen LogP contribution in [0.3, 0.4) is 0 Å². The van der Waals surface area contributed by atoms with Gasteiger partial charge in [-0.3, -0.25) is 0 Å². The first-order chi connectivity index (χ1) is 6.72. The van der Waals surface area contributed by atoms with Crippen LogP contribution in [0.1, 0.15) is 0 Å². The van der Waals surface area contributed by atoms with Crippen LogP contribution in [0, 0.1) is 0 Å². The minimum Gasteiger partial charge on any atom is -0.368 e. The molecule has 14 heavy (non-hydrogen) atoms. The fraction of sp³-hybridized carbons (Fsp3) is 0.286. The zero-order valence-electron chi connectivity index (χ0n) is 7.11. The number of nitrogen functional groups attached to an aromatic ring is 1. The van der Waals surface area contributed by atoms with Crippen LogP contribution < -0.4 is 5.73 Å². The summed E-state index contributed by atoms with van der Waals surface area (Å²) < 4.78 is 1.65. The van der Waals surface area contributed by atoms with Crippen LogP contribution in [0.2, 0.25) is 5.15 Å². The van der Waals surface area contributed by atoms with Crippen LogP contribution in [0.4, 0.5) is 5.95 Å². The molecule has 2 aromatic heterocycles. The van der Waals surface area contributed by atoms with Gasteiger partial charge in [0.1, 0.15) is 5.15 Å². The van der Waals surface area contributed by atoms with Crippen molar-refractivity contribution in [2.24, 2.45) is 0 Å². The van der Waals surface area contributed by atoms with E-state index in [1.54, 1.807) is 10.9 Å². The summed E-state index contributed by atoms with van der Waals surface area (Å²) in [5.41, 5.74) is 6.08. The molecule has 0 radical (unpaired) electrons. The Labute approximate surface area is 89.8 Å². The summed E-state index contributed by atoms with van der Waals surface area (Å²) in [6, 6.07) is 0. The lowest BCUT2D eigenvalue weighted by Gasteiger charge is -1.99. The third-order valence-electron chi connectivity index (χ3n) is 1.76. The molecular weight excluding hydrogens is 225 g/mol. The van der Waals surface area contributed by atoms with Gasteiger partial charge in [0.2, 0.25) is 5.95 Å². The summed E-state index contributed by atoms with van der Waals surface area (Å²) >= 11 is 11.5. The third-order valence-corrected chi connectivity index (χ3v) is 2.22. The number of alkyl halides is 1. The van der Waals surface area contributed by atoms with Crippen molar-refractivity contribution in [3.8, 4) is 0 Å². The zero-order valence-corrected chi connectivity index (χ0v) is 8.63. The van der Waals surface area contributed by atoms with Crippen molar-refractivity contribution in [3.63, 3.8) is 0 Å². The van der Waals surface area contributed by atoms with Gasteiger partial charge in [-0.2, -0.15) is 10.1 Å². The Balaban J connectivity index is 2.66. The van der Waals surface area contributed by atoms with E-state index in [0.717, 1.165) is 0 Å². The molecule has 2 aromatic rings. The van der Waals surface area contributed by atoms with E-state index in [0.29, 0.717) is 28.6 Å². The molecule has 0 bridgehead atoms. The molecule has 2 heterocycles. The average Bonchev–Trinajstić information content (AvgIpc) is 2.49. The number of aromatic nitrogens is 4. The second-order valence-corrected chi connectivity index (χ2v) is 3.40. The van der Waals surface area contributed by atoms with Crippen LogP contribution in [-0.4, -0.2) is 25.6 Å². The summed E-state index contributed by atoms with van der Waals surface area (Å²) in [4.78, 5) is 7.86. The average molecular weight is 232 g/mol. The summed E-state index contributed by atoms with van der Waals surface area (Å²) in [6.07, 6.45) is 1.60. The molecule has 0 fully saturated rings. The quantitative estimate of drug-likeness (QED) is 0.625. The Hall–Kier alpha value is -1.07. The highest BCUT2D eigenvalue weighted by Crippen LogP contribution is 2.20. The van der Waals surface area contributed by atoms with Crippen molar-refractivity contribution in [1.82, 2.24) is 19.7 Å². The molecule has 0 aliphatic carbocycles. The molecule has 0 aromatic carbocycles. The van der Waals surface area contributed by atoms with E-state index >= 15 is 0 Å². The molecule has 74 valence electrons. The van der Waals surface area contributed by atoms with E-state index < -0.39 is 0 Å². The van der Waals surface area contributed by atoms with Gasteiger partial charge in [0.05, 0.1) is 18.1 Å². The maximum Gasteiger partial charge on any atom is 0.223 e.